The highest BCUT2D eigenvalue weighted by Crippen LogP contribution is 2.38. The van der Waals surface area contributed by atoms with E-state index < -0.39 is 8.32 Å². The summed E-state index contributed by atoms with van der Waals surface area (Å²) in [6, 6.07) is 29.6. The fourth-order valence-electron chi connectivity index (χ4n) is 5.83. The molecule has 1 fully saturated rings. The highest BCUT2D eigenvalue weighted by atomic mass is 28.4. The van der Waals surface area contributed by atoms with Gasteiger partial charge in [0.15, 0.2) is 0 Å². The third kappa shape index (κ3) is 6.72. The van der Waals surface area contributed by atoms with Crippen LogP contribution in [0.15, 0.2) is 97.6 Å². The first kappa shape index (κ1) is 29.3. The molecule has 4 atom stereocenters. The number of hydrogen-bond acceptors (Lipinski definition) is 4. The molecule has 0 aromatic heterocycles. The molecule has 0 amide bonds. The van der Waals surface area contributed by atoms with E-state index in [-0.39, 0.29) is 23.4 Å². The van der Waals surface area contributed by atoms with Gasteiger partial charge in [0.1, 0.15) is 11.9 Å². The van der Waals surface area contributed by atoms with Crippen molar-refractivity contribution in [1.82, 2.24) is 0 Å². The SMILES string of the molecule is C=C[C@@H](OCc1ccc(OC)cc1)[C@H]1C[C@@H](C)[C@H](CCO[Si](c2ccccc2)(c2ccccc2)C(C)(C)C)O1. The third-order valence-electron chi connectivity index (χ3n) is 7.93. The molecule has 1 heterocycles. The molecular weight excluding hydrogens is 500 g/mol. The summed E-state index contributed by atoms with van der Waals surface area (Å²) < 4.78 is 25.2. The van der Waals surface area contributed by atoms with Gasteiger partial charge >= 0.3 is 0 Å². The minimum atomic E-state index is -2.55. The lowest BCUT2D eigenvalue weighted by molar-refractivity contribution is -0.0595. The van der Waals surface area contributed by atoms with Crippen molar-refractivity contribution in [2.45, 2.75) is 70.5 Å². The third-order valence-corrected chi connectivity index (χ3v) is 13.0. The Morgan fingerprint density at radius 1 is 0.949 bits per heavy atom. The van der Waals surface area contributed by atoms with Crippen molar-refractivity contribution < 1.29 is 18.6 Å². The fourth-order valence-corrected chi connectivity index (χ4v) is 10.4. The van der Waals surface area contributed by atoms with Crippen LogP contribution in [0.25, 0.3) is 0 Å². The van der Waals surface area contributed by atoms with E-state index in [4.69, 9.17) is 18.6 Å². The van der Waals surface area contributed by atoms with Crippen molar-refractivity contribution in [3.8, 4) is 5.75 Å². The Bertz CT molecular complexity index is 1120. The van der Waals surface area contributed by atoms with Crippen LogP contribution in [0.2, 0.25) is 5.04 Å². The second-order valence-electron chi connectivity index (χ2n) is 11.6. The van der Waals surface area contributed by atoms with Gasteiger partial charge in [-0.1, -0.05) is 107 Å². The molecule has 4 rings (SSSR count). The zero-order valence-electron chi connectivity index (χ0n) is 24.1. The molecule has 1 saturated heterocycles. The van der Waals surface area contributed by atoms with Crippen LogP contribution in [0.1, 0.15) is 46.1 Å². The first-order valence-electron chi connectivity index (χ1n) is 14.1. The molecule has 208 valence electrons. The minimum Gasteiger partial charge on any atom is -0.497 e. The normalized spacial score (nSPS) is 20.5. The van der Waals surface area contributed by atoms with Crippen LogP contribution in [0.5, 0.6) is 5.75 Å². The Morgan fingerprint density at radius 2 is 1.54 bits per heavy atom. The van der Waals surface area contributed by atoms with Gasteiger partial charge in [-0.2, -0.15) is 0 Å². The average molecular weight is 545 g/mol. The molecule has 0 N–H and O–H groups in total. The standard InChI is InChI=1S/C34H44O4Si/c1-7-31(36-25-27-18-20-28(35-6)21-19-27)33-24-26(2)32(38-33)22-23-37-39(34(3,4)5,29-14-10-8-11-15-29)30-16-12-9-13-17-30/h7-21,26,31-33H,1,22-25H2,2-6H3/t26-,31-,32+,33-/m1/s1. The van der Waals surface area contributed by atoms with Gasteiger partial charge in [0.05, 0.1) is 25.9 Å². The number of rotatable bonds is 12. The Balaban J connectivity index is 1.42. The summed E-state index contributed by atoms with van der Waals surface area (Å²) in [4.78, 5) is 0. The molecule has 39 heavy (non-hydrogen) atoms. The van der Waals surface area contributed by atoms with Crippen molar-refractivity contribution in [1.29, 1.82) is 0 Å². The molecule has 1 aliphatic rings. The molecule has 0 bridgehead atoms. The van der Waals surface area contributed by atoms with E-state index in [9.17, 15) is 0 Å². The average Bonchev–Trinajstić information content (AvgIpc) is 3.32. The second-order valence-corrected chi connectivity index (χ2v) is 15.9. The maximum Gasteiger partial charge on any atom is 0.261 e. The van der Waals surface area contributed by atoms with Crippen LogP contribution in [0, 0.1) is 5.92 Å². The van der Waals surface area contributed by atoms with E-state index >= 15 is 0 Å². The van der Waals surface area contributed by atoms with E-state index in [1.54, 1.807) is 7.11 Å². The molecule has 0 unspecified atom stereocenters. The summed E-state index contributed by atoms with van der Waals surface area (Å²) in [6.45, 7) is 14.4. The topological polar surface area (TPSA) is 36.9 Å². The zero-order chi connectivity index (χ0) is 27.9. The van der Waals surface area contributed by atoms with Crippen LogP contribution < -0.4 is 15.1 Å². The molecular formula is C34H44O4Si. The van der Waals surface area contributed by atoms with Crippen LogP contribution in [0.4, 0.5) is 0 Å². The highest BCUT2D eigenvalue weighted by Gasteiger charge is 2.50. The summed E-state index contributed by atoms with van der Waals surface area (Å²) in [7, 11) is -0.877. The lowest BCUT2D eigenvalue weighted by Gasteiger charge is -2.43. The van der Waals surface area contributed by atoms with Gasteiger partial charge in [-0.15, -0.1) is 6.58 Å². The van der Waals surface area contributed by atoms with Gasteiger partial charge in [0, 0.05) is 6.61 Å². The van der Waals surface area contributed by atoms with Gasteiger partial charge in [-0.05, 0) is 51.9 Å². The van der Waals surface area contributed by atoms with Crippen molar-refractivity contribution in [3.05, 3.63) is 103 Å². The summed E-state index contributed by atoms with van der Waals surface area (Å²) in [5.41, 5.74) is 1.10. The van der Waals surface area contributed by atoms with Crippen LogP contribution >= 0.6 is 0 Å². The molecule has 4 nitrogen and oxygen atoms in total. The largest absolute Gasteiger partial charge is 0.497 e. The summed E-state index contributed by atoms with van der Waals surface area (Å²) in [5.74, 6) is 1.26. The molecule has 5 heteroatoms. The van der Waals surface area contributed by atoms with E-state index in [1.165, 1.54) is 10.4 Å². The van der Waals surface area contributed by atoms with Gasteiger partial charge < -0.3 is 18.6 Å². The van der Waals surface area contributed by atoms with Gasteiger partial charge in [0.25, 0.3) is 8.32 Å². The Morgan fingerprint density at radius 3 is 2.05 bits per heavy atom. The van der Waals surface area contributed by atoms with E-state index in [2.05, 4.69) is 94.9 Å². The lowest BCUT2D eigenvalue weighted by Crippen LogP contribution is -2.66. The maximum absolute atomic E-state index is 7.12. The van der Waals surface area contributed by atoms with Crippen molar-refractivity contribution in [2.24, 2.45) is 5.92 Å². The number of ether oxygens (including phenoxy) is 3. The first-order valence-corrected chi connectivity index (χ1v) is 16.0. The Hall–Kier alpha value is -2.70. The van der Waals surface area contributed by atoms with Crippen molar-refractivity contribution in [2.75, 3.05) is 13.7 Å². The molecule has 0 spiro atoms. The highest BCUT2D eigenvalue weighted by molar-refractivity contribution is 6.99. The van der Waals surface area contributed by atoms with E-state index in [1.807, 2.05) is 30.3 Å². The Labute approximate surface area is 236 Å². The predicted octanol–water partition coefficient (Wildman–Crippen LogP) is 6.53. The predicted molar refractivity (Wildman–Crippen MR) is 162 cm³/mol. The zero-order valence-corrected chi connectivity index (χ0v) is 25.1. The minimum absolute atomic E-state index is 0.00591. The van der Waals surface area contributed by atoms with Crippen molar-refractivity contribution >= 4 is 18.7 Å². The quantitative estimate of drug-likeness (QED) is 0.192. The molecule has 3 aromatic rings. The number of methoxy groups -OCH3 is 1. The second kappa shape index (κ2) is 13.1. The van der Waals surface area contributed by atoms with Crippen LogP contribution in [-0.2, 0) is 20.5 Å². The number of hydrogen-bond donors (Lipinski definition) is 0. The molecule has 3 aromatic carbocycles. The van der Waals surface area contributed by atoms with Crippen molar-refractivity contribution in [3.63, 3.8) is 0 Å². The molecule has 0 saturated carbocycles. The molecule has 1 aliphatic heterocycles. The van der Waals surface area contributed by atoms with Gasteiger partial charge in [-0.3, -0.25) is 0 Å². The molecule has 0 radical (unpaired) electrons. The van der Waals surface area contributed by atoms with Gasteiger partial charge in [-0.25, -0.2) is 0 Å². The maximum atomic E-state index is 7.12. The van der Waals surface area contributed by atoms with Gasteiger partial charge in [0.2, 0.25) is 0 Å². The van der Waals surface area contributed by atoms with Crippen LogP contribution in [-0.4, -0.2) is 40.3 Å². The smallest absolute Gasteiger partial charge is 0.261 e. The lowest BCUT2D eigenvalue weighted by atomic mass is 9.98. The fraction of sp³-hybridized carbons (Fsp3) is 0.412. The van der Waals surface area contributed by atoms with E-state index in [0.717, 1.165) is 24.2 Å². The number of benzene rings is 3. The Kier molecular flexibility index (Phi) is 9.84. The van der Waals surface area contributed by atoms with E-state index in [0.29, 0.717) is 19.1 Å². The first-order chi connectivity index (χ1) is 18.8. The van der Waals surface area contributed by atoms with Crippen LogP contribution in [0.3, 0.4) is 0 Å². The summed E-state index contributed by atoms with van der Waals surface area (Å²) >= 11 is 0. The summed E-state index contributed by atoms with van der Waals surface area (Å²) in [6.07, 6.45) is 3.64. The summed E-state index contributed by atoms with van der Waals surface area (Å²) in [5, 5.41) is 2.57. The molecule has 0 aliphatic carbocycles. The monoisotopic (exact) mass is 544 g/mol.